The maximum absolute atomic E-state index is 12.3. The van der Waals surface area contributed by atoms with Crippen molar-refractivity contribution < 1.29 is 33.4 Å². The van der Waals surface area contributed by atoms with Crippen LogP contribution in [0.4, 0.5) is 0 Å². The molecule has 2 atom stereocenters. The van der Waals surface area contributed by atoms with Crippen molar-refractivity contribution in [1.29, 1.82) is 0 Å². The molecule has 306 valence electrons. The van der Waals surface area contributed by atoms with E-state index in [1.54, 1.807) is 30.2 Å². The molecule has 6 rings (SSSR count). The third-order valence-corrected chi connectivity index (χ3v) is 12.4. The van der Waals surface area contributed by atoms with Crippen LogP contribution >= 0.6 is 23.4 Å². The molecule has 58 heavy (non-hydrogen) atoms. The lowest BCUT2D eigenvalue weighted by atomic mass is 9.89. The number of rotatable bonds is 19. The first-order chi connectivity index (χ1) is 28.0. The summed E-state index contributed by atoms with van der Waals surface area (Å²) in [5.74, 6) is 0.538. The quantitative estimate of drug-likeness (QED) is 0.0696. The molecule has 1 aliphatic rings. The van der Waals surface area contributed by atoms with Crippen LogP contribution in [0.5, 0.6) is 17.2 Å². The highest BCUT2D eigenvalue weighted by Gasteiger charge is 2.19. The number of aliphatic hydroxyl groups is 1. The van der Waals surface area contributed by atoms with E-state index in [9.17, 15) is 19.2 Å². The number of hydrogen-bond donors (Lipinski definition) is 3. The highest BCUT2D eigenvalue weighted by Crippen LogP contribution is 2.37. The number of halogens is 1. The van der Waals surface area contributed by atoms with Crippen molar-refractivity contribution in [2.45, 2.75) is 62.3 Å². The molecule has 9 nitrogen and oxygen atoms in total. The Kier molecular flexibility index (Phi) is 15.3. The van der Waals surface area contributed by atoms with Crippen LogP contribution in [-0.4, -0.2) is 76.7 Å². The second-order valence-electron chi connectivity index (χ2n) is 14.4. The molecule has 12 heteroatoms. The van der Waals surface area contributed by atoms with Crippen LogP contribution in [0.2, 0.25) is 5.02 Å². The van der Waals surface area contributed by atoms with Gasteiger partial charge in [-0.25, -0.2) is 0 Å². The lowest BCUT2D eigenvalue weighted by Gasteiger charge is -2.19. The molecule has 3 N–H and O–H groups in total. The Morgan fingerprint density at radius 1 is 0.862 bits per heavy atom. The van der Waals surface area contributed by atoms with Gasteiger partial charge in [0.2, 0.25) is 0 Å². The van der Waals surface area contributed by atoms with Crippen molar-refractivity contribution in [3.05, 3.63) is 124 Å². The highest BCUT2D eigenvalue weighted by molar-refractivity contribution is 7.98. The van der Waals surface area contributed by atoms with Gasteiger partial charge in [0.25, 0.3) is 0 Å². The van der Waals surface area contributed by atoms with Gasteiger partial charge in [-0.15, -0.1) is 11.8 Å². The Balaban J connectivity index is 1.20. The van der Waals surface area contributed by atoms with Crippen LogP contribution in [0.25, 0.3) is 22.3 Å². The largest absolute Gasteiger partial charge is 0.492 e. The first kappa shape index (κ1) is 43.2. The van der Waals surface area contributed by atoms with Gasteiger partial charge in [-0.3, -0.25) is 19.2 Å². The number of carboxylic acid groups (broad SMARTS) is 1. The number of thioether (sulfide) groups is 1. The molecular formula is C46H51ClN2O7S2. The maximum atomic E-state index is 12.3. The summed E-state index contributed by atoms with van der Waals surface area (Å²) in [6.45, 7) is 8.12. The summed E-state index contributed by atoms with van der Waals surface area (Å²) < 4.78 is 31.1. The maximum Gasteiger partial charge on any atom is 0.323 e. The summed E-state index contributed by atoms with van der Waals surface area (Å²) in [4.78, 5) is 15.7. The third kappa shape index (κ3) is 11.0. The summed E-state index contributed by atoms with van der Waals surface area (Å²) in [7, 11) is -1.18. The first-order valence-corrected chi connectivity index (χ1v) is 22.5. The fraction of sp³-hybridized carbons (Fsp3) is 0.326. The summed E-state index contributed by atoms with van der Waals surface area (Å²) >= 11 is 8.35. The van der Waals surface area contributed by atoms with E-state index >= 15 is 0 Å². The number of nitrogens with zero attached hydrogens (tertiary/aromatic N) is 1. The summed E-state index contributed by atoms with van der Waals surface area (Å²) in [5.41, 5.74) is 9.19. The van der Waals surface area contributed by atoms with Crippen LogP contribution in [-0.2, 0) is 35.4 Å². The summed E-state index contributed by atoms with van der Waals surface area (Å²) in [5, 5.41) is 22.3. The molecule has 1 saturated heterocycles. The predicted octanol–water partition coefficient (Wildman–Crippen LogP) is 8.92. The molecule has 0 aliphatic carbocycles. The van der Waals surface area contributed by atoms with E-state index in [1.165, 1.54) is 18.4 Å². The molecule has 0 bridgehead atoms. The normalized spacial score (nSPS) is 14.0. The molecule has 1 heterocycles. The molecule has 0 saturated carbocycles. The van der Waals surface area contributed by atoms with E-state index in [2.05, 4.69) is 72.6 Å². The zero-order valence-electron chi connectivity index (χ0n) is 33.4. The number of benzene rings is 5. The Morgan fingerprint density at radius 3 is 2.24 bits per heavy atom. The second-order valence-corrected chi connectivity index (χ2v) is 17.0. The molecule has 0 aromatic heterocycles. The Morgan fingerprint density at radius 2 is 1.55 bits per heavy atom. The SMILES string of the molecule is CSc1cc(COc2cc(OCc3cccc(-c4cccc(-c5ccc(OCCN6CCCC6)cc5)c4C)c3C)c(Cl)cc2CNC(CO)C(=O)O)cc(S(C)=O)c1. The molecule has 0 radical (unpaired) electrons. The van der Waals surface area contributed by atoms with Gasteiger partial charge >= 0.3 is 5.97 Å². The fourth-order valence-electron chi connectivity index (χ4n) is 7.14. The predicted molar refractivity (Wildman–Crippen MR) is 234 cm³/mol. The molecule has 0 amide bonds. The molecule has 2 unspecified atom stereocenters. The minimum Gasteiger partial charge on any atom is -0.492 e. The van der Waals surface area contributed by atoms with Crippen molar-refractivity contribution in [2.75, 3.05) is 45.4 Å². The zero-order valence-corrected chi connectivity index (χ0v) is 35.8. The van der Waals surface area contributed by atoms with E-state index in [-0.39, 0.29) is 19.8 Å². The minimum absolute atomic E-state index is 0.0677. The van der Waals surface area contributed by atoms with Crippen LogP contribution in [0.3, 0.4) is 0 Å². The molecule has 5 aromatic rings. The van der Waals surface area contributed by atoms with Gasteiger partial charge < -0.3 is 24.4 Å². The van der Waals surface area contributed by atoms with Crippen LogP contribution in [0.15, 0.2) is 101 Å². The van der Waals surface area contributed by atoms with Gasteiger partial charge in [0.05, 0.1) is 11.6 Å². The Hall–Kier alpha value is -4.36. The highest BCUT2D eigenvalue weighted by atomic mass is 35.5. The minimum atomic E-state index is -1.18. The van der Waals surface area contributed by atoms with Crippen molar-refractivity contribution in [3.8, 4) is 39.5 Å². The Bertz CT molecular complexity index is 2230. The van der Waals surface area contributed by atoms with Crippen LogP contribution < -0.4 is 19.5 Å². The zero-order chi connectivity index (χ0) is 41.2. The smallest absolute Gasteiger partial charge is 0.323 e. The van der Waals surface area contributed by atoms with Crippen LogP contribution in [0, 0.1) is 13.8 Å². The third-order valence-electron chi connectivity index (χ3n) is 10.5. The van der Waals surface area contributed by atoms with Crippen molar-refractivity contribution >= 4 is 40.1 Å². The number of aliphatic hydroxyl groups excluding tert-OH is 1. The monoisotopic (exact) mass is 842 g/mol. The number of ether oxygens (including phenoxy) is 3. The number of nitrogens with one attached hydrogen (secondary N) is 1. The summed E-state index contributed by atoms with van der Waals surface area (Å²) in [6.07, 6.45) is 6.15. The van der Waals surface area contributed by atoms with Gasteiger partial charge in [0.15, 0.2) is 0 Å². The van der Waals surface area contributed by atoms with E-state index in [4.69, 9.17) is 25.8 Å². The topological polar surface area (TPSA) is 118 Å². The van der Waals surface area contributed by atoms with Crippen molar-refractivity contribution in [3.63, 3.8) is 0 Å². The van der Waals surface area contributed by atoms with Crippen molar-refractivity contribution in [2.24, 2.45) is 0 Å². The number of aliphatic carboxylic acids is 1. The molecular weight excluding hydrogens is 792 g/mol. The van der Waals surface area contributed by atoms with Crippen LogP contribution in [0.1, 0.15) is 40.7 Å². The van der Waals surface area contributed by atoms with Gasteiger partial charge in [0.1, 0.15) is 43.1 Å². The molecule has 1 fully saturated rings. The second kappa shape index (κ2) is 20.6. The first-order valence-electron chi connectivity index (χ1n) is 19.3. The van der Waals surface area contributed by atoms with Crippen molar-refractivity contribution in [1.82, 2.24) is 10.2 Å². The van der Waals surface area contributed by atoms with E-state index in [0.717, 1.165) is 69.2 Å². The number of likely N-dealkylation sites (tertiary alicyclic amines) is 1. The molecule has 0 spiro atoms. The average Bonchev–Trinajstić information content (AvgIpc) is 3.75. The van der Waals surface area contributed by atoms with Gasteiger partial charge in [-0.05, 0) is 127 Å². The number of carbonyl (C=O) groups is 1. The average molecular weight is 844 g/mol. The number of carboxylic acids is 1. The Labute approximate surface area is 353 Å². The number of hydrogen-bond acceptors (Lipinski definition) is 9. The standard InChI is InChI=1S/C46H51ClN2O7S2/c1-30-34(9-7-11-40(30)41-12-8-10-39(31(41)2)33-13-15-36(16-14-33)54-20-19-49-17-5-6-18-49)29-56-45-25-44(35(23-42(45)47)26-48-43(27-50)46(51)52)55-28-32-21-37(57-3)24-38(22-32)58(4)53/h7-16,21-25,43,48,50H,5-6,17-20,26-29H2,1-4H3,(H,51,52). The fourth-order valence-corrected chi connectivity index (χ4v) is 8.58. The van der Waals surface area contributed by atoms with Gasteiger partial charge in [-0.1, -0.05) is 60.1 Å². The van der Waals surface area contributed by atoms with E-state index in [0.29, 0.717) is 33.6 Å². The van der Waals surface area contributed by atoms with Gasteiger partial charge in [0, 0.05) is 51.6 Å². The molecule has 5 aromatic carbocycles. The van der Waals surface area contributed by atoms with Gasteiger partial charge in [-0.2, -0.15) is 0 Å². The lowest BCUT2D eigenvalue weighted by molar-refractivity contribution is -0.140. The van der Waals surface area contributed by atoms with E-state index in [1.807, 2.05) is 36.6 Å². The lowest BCUT2D eigenvalue weighted by Crippen LogP contribution is -2.39. The molecule has 1 aliphatic heterocycles. The summed E-state index contributed by atoms with van der Waals surface area (Å²) in [6, 6.07) is 28.9. The van der Waals surface area contributed by atoms with E-state index < -0.39 is 29.4 Å².